The van der Waals surface area contributed by atoms with Gasteiger partial charge in [0, 0.05) is 11.3 Å². The molecule has 26 heavy (non-hydrogen) atoms. The highest BCUT2D eigenvalue weighted by Crippen LogP contribution is 2.36. The van der Waals surface area contributed by atoms with Crippen molar-refractivity contribution in [2.45, 2.75) is 46.4 Å². The summed E-state index contributed by atoms with van der Waals surface area (Å²) in [4.78, 5) is 0.481. The van der Waals surface area contributed by atoms with E-state index >= 15 is 0 Å². The Morgan fingerprint density at radius 3 is 2.46 bits per heavy atom. The second kappa shape index (κ2) is 8.54. The van der Waals surface area contributed by atoms with Crippen LogP contribution in [0.3, 0.4) is 0 Å². The molecule has 0 fully saturated rings. The maximum Gasteiger partial charge on any atom is 0.416 e. The van der Waals surface area contributed by atoms with Gasteiger partial charge in [-0.3, -0.25) is 0 Å². The van der Waals surface area contributed by atoms with E-state index in [4.69, 9.17) is 17.0 Å². The van der Waals surface area contributed by atoms with Gasteiger partial charge in [-0.05, 0) is 49.1 Å². The number of ether oxygens (including phenoxy) is 1. The van der Waals surface area contributed by atoms with Gasteiger partial charge in [0.25, 0.3) is 0 Å². The summed E-state index contributed by atoms with van der Waals surface area (Å²) in [6.07, 6.45) is -3.03. The van der Waals surface area contributed by atoms with E-state index in [1.165, 1.54) is 6.07 Å². The number of nitrogens with one attached hydrogen (secondary N) is 1. The van der Waals surface area contributed by atoms with Crippen LogP contribution in [0.5, 0.6) is 5.75 Å². The number of halogens is 3. The molecular weight excluding hydrogens is 359 g/mol. The van der Waals surface area contributed by atoms with Gasteiger partial charge in [-0.2, -0.15) is 13.2 Å². The number of benzene rings is 2. The number of alkyl halides is 3. The number of rotatable bonds is 6. The molecule has 0 unspecified atom stereocenters. The van der Waals surface area contributed by atoms with Crippen LogP contribution in [0, 0.1) is 6.92 Å². The second-order valence-corrected chi connectivity index (χ2v) is 6.47. The van der Waals surface area contributed by atoms with Crippen LogP contribution in [0.4, 0.5) is 18.9 Å². The Hall–Kier alpha value is -2.08. The number of anilines is 1. The third kappa shape index (κ3) is 4.97. The van der Waals surface area contributed by atoms with Crippen LogP contribution >= 0.6 is 12.2 Å². The lowest BCUT2D eigenvalue weighted by molar-refractivity contribution is -0.138. The Morgan fingerprint density at radius 1 is 1.15 bits per heavy atom. The molecule has 0 spiro atoms. The maximum absolute atomic E-state index is 13.4. The quantitative estimate of drug-likeness (QED) is 0.593. The zero-order chi connectivity index (χ0) is 19.3. The fraction of sp³-hybridized carbons (Fsp3) is 0.350. The fourth-order valence-electron chi connectivity index (χ4n) is 2.61. The number of hydrogen-bond acceptors (Lipinski definition) is 2. The summed E-state index contributed by atoms with van der Waals surface area (Å²) in [5, 5.41) is 2.89. The molecule has 2 rings (SSSR count). The van der Waals surface area contributed by atoms with Crippen LogP contribution in [0.25, 0.3) is 0 Å². The molecular formula is C20H22F3NOS. The number of thiocarbonyl (C=S) groups is 1. The predicted molar refractivity (Wildman–Crippen MR) is 103 cm³/mol. The lowest BCUT2D eigenvalue weighted by atomic mass is 10.0. The van der Waals surface area contributed by atoms with Crippen molar-refractivity contribution in [2.75, 3.05) is 5.32 Å². The van der Waals surface area contributed by atoms with Gasteiger partial charge in [-0.1, -0.05) is 44.3 Å². The fourth-order valence-corrected chi connectivity index (χ4v) is 2.72. The van der Waals surface area contributed by atoms with E-state index in [1.54, 1.807) is 12.1 Å². The third-order valence-electron chi connectivity index (χ3n) is 4.10. The summed E-state index contributed by atoms with van der Waals surface area (Å²) in [6, 6.07) is 9.72. The molecule has 0 aromatic heterocycles. The van der Waals surface area contributed by atoms with Gasteiger partial charge >= 0.3 is 6.18 Å². The van der Waals surface area contributed by atoms with E-state index in [2.05, 4.69) is 5.32 Å². The van der Waals surface area contributed by atoms with Crippen LogP contribution in [0.1, 0.15) is 42.5 Å². The van der Waals surface area contributed by atoms with Crippen molar-refractivity contribution >= 4 is 22.9 Å². The molecule has 0 radical (unpaired) electrons. The first kappa shape index (κ1) is 20.2. The minimum absolute atomic E-state index is 0.0507. The van der Waals surface area contributed by atoms with E-state index in [0.29, 0.717) is 22.8 Å². The van der Waals surface area contributed by atoms with Crippen LogP contribution in [-0.4, -0.2) is 4.99 Å². The highest BCUT2D eigenvalue weighted by molar-refractivity contribution is 7.80. The largest absolute Gasteiger partial charge is 0.489 e. The van der Waals surface area contributed by atoms with E-state index in [9.17, 15) is 13.2 Å². The smallest absolute Gasteiger partial charge is 0.416 e. The monoisotopic (exact) mass is 381 g/mol. The topological polar surface area (TPSA) is 21.3 Å². The zero-order valence-corrected chi connectivity index (χ0v) is 15.9. The molecule has 1 N–H and O–H groups in total. The minimum atomic E-state index is -4.47. The van der Waals surface area contributed by atoms with Crippen LogP contribution in [0.2, 0.25) is 0 Å². The molecule has 0 saturated carbocycles. The first-order valence-electron chi connectivity index (χ1n) is 8.47. The molecule has 0 aliphatic rings. The van der Waals surface area contributed by atoms with Crippen molar-refractivity contribution in [3.05, 3.63) is 58.7 Å². The van der Waals surface area contributed by atoms with Crippen molar-refractivity contribution in [1.82, 2.24) is 0 Å². The lowest BCUT2D eigenvalue weighted by Crippen LogP contribution is -2.16. The van der Waals surface area contributed by atoms with Gasteiger partial charge in [0.15, 0.2) is 0 Å². The van der Waals surface area contributed by atoms with Crippen LogP contribution in [0.15, 0.2) is 36.4 Å². The zero-order valence-electron chi connectivity index (χ0n) is 15.0. The molecule has 2 nitrogen and oxygen atoms in total. The van der Waals surface area contributed by atoms with Gasteiger partial charge in [0.1, 0.15) is 12.4 Å². The molecule has 2 aromatic carbocycles. The van der Waals surface area contributed by atoms with Gasteiger partial charge < -0.3 is 10.1 Å². The minimum Gasteiger partial charge on any atom is -0.489 e. The molecule has 0 atom stereocenters. The van der Waals surface area contributed by atoms with E-state index in [0.717, 1.165) is 23.6 Å². The highest BCUT2D eigenvalue weighted by atomic mass is 32.1. The number of hydrogen-bond donors (Lipinski definition) is 1. The van der Waals surface area contributed by atoms with Gasteiger partial charge in [0.05, 0.1) is 10.6 Å². The first-order chi connectivity index (χ1) is 12.3. The average molecular weight is 381 g/mol. The van der Waals surface area contributed by atoms with Crippen molar-refractivity contribution in [3.8, 4) is 5.75 Å². The third-order valence-corrected chi connectivity index (χ3v) is 4.49. The molecule has 140 valence electrons. The number of aryl methyl sites for hydroxylation is 2. The molecule has 0 aliphatic heterocycles. The van der Waals surface area contributed by atoms with E-state index in [-0.39, 0.29) is 12.2 Å². The SMILES string of the molecule is CCC(=S)Nc1cccc(C(F)(F)F)c1COc1ccc(CC)cc1C. The molecule has 2 aromatic rings. The molecule has 0 bridgehead atoms. The van der Waals surface area contributed by atoms with E-state index in [1.807, 2.05) is 32.9 Å². The Labute approximate surface area is 157 Å². The molecule has 0 heterocycles. The normalized spacial score (nSPS) is 11.3. The Bertz CT molecular complexity index is 787. The highest BCUT2D eigenvalue weighted by Gasteiger charge is 2.34. The Morgan fingerprint density at radius 2 is 1.88 bits per heavy atom. The van der Waals surface area contributed by atoms with E-state index < -0.39 is 11.7 Å². The Balaban J connectivity index is 2.35. The van der Waals surface area contributed by atoms with Crippen LogP contribution in [-0.2, 0) is 19.2 Å². The molecule has 0 aliphatic carbocycles. The summed E-state index contributed by atoms with van der Waals surface area (Å²) in [6.45, 7) is 5.58. The molecule has 6 heteroatoms. The average Bonchev–Trinajstić information content (AvgIpc) is 2.60. The summed E-state index contributed by atoms with van der Waals surface area (Å²) in [5.41, 5.74) is 1.71. The van der Waals surface area contributed by atoms with Gasteiger partial charge in [-0.25, -0.2) is 0 Å². The molecule has 0 amide bonds. The second-order valence-electron chi connectivity index (χ2n) is 5.97. The summed E-state index contributed by atoms with van der Waals surface area (Å²) < 4.78 is 46.0. The first-order valence-corrected chi connectivity index (χ1v) is 8.88. The van der Waals surface area contributed by atoms with Crippen molar-refractivity contribution in [3.63, 3.8) is 0 Å². The van der Waals surface area contributed by atoms with Gasteiger partial charge in [-0.15, -0.1) is 0 Å². The standard InChI is InChI=1S/C20H22F3NOS/c1-4-14-9-10-18(13(3)11-14)25-12-15-16(20(21,22)23)7-6-8-17(15)24-19(26)5-2/h6-11H,4-5,12H2,1-3H3,(H,24,26). The predicted octanol–water partition coefficient (Wildman–Crippen LogP) is 6.30. The van der Waals surface area contributed by atoms with Crippen molar-refractivity contribution in [2.24, 2.45) is 0 Å². The summed E-state index contributed by atoms with van der Waals surface area (Å²) in [5.74, 6) is 0.572. The molecule has 0 saturated heterocycles. The Kier molecular flexibility index (Phi) is 6.64. The van der Waals surface area contributed by atoms with Crippen molar-refractivity contribution in [1.29, 1.82) is 0 Å². The van der Waals surface area contributed by atoms with Crippen molar-refractivity contribution < 1.29 is 17.9 Å². The lowest BCUT2D eigenvalue weighted by Gasteiger charge is -2.19. The van der Waals surface area contributed by atoms with Crippen LogP contribution < -0.4 is 10.1 Å². The summed E-state index contributed by atoms with van der Waals surface area (Å²) >= 11 is 5.13. The van der Waals surface area contributed by atoms with Gasteiger partial charge in [0.2, 0.25) is 0 Å². The maximum atomic E-state index is 13.4. The summed E-state index contributed by atoms with van der Waals surface area (Å²) in [7, 11) is 0.